The summed E-state index contributed by atoms with van der Waals surface area (Å²) in [7, 11) is -3.11. The van der Waals surface area contributed by atoms with Crippen molar-refractivity contribution in [3.8, 4) is 5.69 Å². The lowest BCUT2D eigenvalue weighted by atomic mass is 10.3. The molecule has 0 amide bonds. The Labute approximate surface area is 155 Å². The molecule has 1 aromatic heterocycles. The number of benzene rings is 1. The van der Waals surface area contributed by atoms with Crippen LogP contribution in [-0.2, 0) is 16.6 Å². The molecule has 1 aromatic carbocycles. The topological polar surface area (TPSA) is 71.3 Å². The van der Waals surface area contributed by atoms with Gasteiger partial charge < -0.3 is 0 Å². The summed E-state index contributed by atoms with van der Waals surface area (Å²) in [5, 5.41) is 8.84. The quantitative estimate of drug-likeness (QED) is 0.657. The molecule has 0 radical (unpaired) electrons. The highest BCUT2D eigenvalue weighted by Crippen LogP contribution is 2.13. The van der Waals surface area contributed by atoms with E-state index < -0.39 is 10.0 Å². The minimum atomic E-state index is -3.11. The number of nitrogens with zero attached hydrogens (tertiary/aromatic N) is 5. The van der Waals surface area contributed by atoms with Gasteiger partial charge in [0.15, 0.2) is 0 Å². The Balaban J connectivity index is 1.51. The Hall–Kier alpha value is -1.77. The van der Waals surface area contributed by atoms with Crippen LogP contribution in [-0.4, -0.2) is 64.5 Å². The van der Waals surface area contributed by atoms with Crippen LogP contribution in [0, 0.1) is 0 Å². The molecule has 1 fully saturated rings. The van der Waals surface area contributed by atoms with E-state index in [1.165, 1.54) is 0 Å². The minimum absolute atomic E-state index is 0.270. The Kier molecular flexibility index (Phi) is 6.39. The maximum atomic E-state index is 12.4. The van der Waals surface area contributed by atoms with E-state index in [1.807, 2.05) is 30.3 Å². The molecule has 0 bridgehead atoms. The van der Waals surface area contributed by atoms with Crippen molar-refractivity contribution in [2.45, 2.75) is 32.7 Å². The average Bonchev–Trinajstić information content (AvgIpc) is 3.12. The summed E-state index contributed by atoms with van der Waals surface area (Å²) < 4.78 is 26.4. The van der Waals surface area contributed by atoms with Crippen molar-refractivity contribution >= 4 is 10.0 Å². The van der Waals surface area contributed by atoms with E-state index in [4.69, 9.17) is 0 Å². The van der Waals surface area contributed by atoms with Crippen molar-refractivity contribution in [1.29, 1.82) is 0 Å². The SMILES string of the molecule is CCCCCS(=O)(=O)N1CCN(Cc2cnn(-c3ccccc3)n2)CC1. The maximum Gasteiger partial charge on any atom is 0.214 e. The molecule has 142 valence electrons. The van der Waals surface area contributed by atoms with Gasteiger partial charge in [0.05, 0.1) is 23.3 Å². The van der Waals surface area contributed by atoms with Gasteiger partial charge in [0.1, 0.15) is 0 Å². The molecule has 3 rings (SSSR count). The summed E-state index contributed by atoms with van der Waals surface area (Å²) in [4.78, 5) is 3.86. The van der Waals surface area contributed by atoms with Crippen LogP contribution in [0.25, 0.3) is 5.69 Å². The molecule has 7 nitrogen and oxygen atoms in total. The monoisotopic (exact) mass is 377 g/mol. The summed E-state index contributed by atoms with van der Waals surface area (Å²) >= 11 is 0. The van der Waals surface area contributed by atoms with Crippen molar-refractivity contribution in [1.82, 2.24) is 24.2 Å². The van der Waals surface area contributed by atoms with E-state index >= 15 is 0 Å². The zero-order chi connectivity index (χ0) is 18.4. The number of hydrogen-bond acceptors (Lipinski definition) is 5. The molecule has 0 spiro atoms. The third-order valence-corrected chi connectivity index (χ3v) is 6.60. The summed E-state index contributed by atoms with van der Waals surface area (Å²) in [6.45, 7) is 5.34. The van der Waals surface area contributed by atoms with Gasteiger partial charge in [-0.15, -0.1) is 0 Å². The smallest absolute Gasteiger partial charge is 0.214 e. The highest BCUT2D eigenvalue weighted by Gasteiger charge is 2.26. The second-order valence-corrected chi connectivity index (χ2v) is 8.75. The lowest BCUT2D eigenvalue weighted by Crippen LogP contribution is -2.48. The molecule has 26 heavy (non-hydrogen) atoms. The first-order valence-electron chi connectivity index (χ1n) is 9.25. The highest BCUT2D eigenvalue weighted by atomic mass is 32.2. The Bertz CT molecular complexity index is 783. The number of hydrogen-bond donors (Lipinski definition) is 0. The van der Waals surface area contributed by atoms with Crippen LogP contribution in [0.2, 0.25) is 0 Å². The first-order chi connectivity index (χ1) is 12.6. The molecule has 1 aliphatic rings. The Morgan fingerprint density at radius 2 is 1.77 bits per heavy atom. The van der Waals surface area contributed by atoms with Crippen molar-refractivity contribution in [2.75, 3.05) is 31.9 Å². The predicted octanol–water partition coefficient (Wildman–Crippen LogP) is 1.90. The zero-order valence-corrected chi connectivity index (χ0v) is 16.1. The molecule has 0 N–H and O–H groups in total. The maximum absolute atomic E-state index is 12.4. The predicted molar refractivity (Wildman–Crippen MR) is 102 cm³/mol. The third kappa shape index (κ3) is 4.90. The van der Waals surface area contributed by atoms with Gasteiger partial charge >= 0.3 is 0 Å². The number of piperazine rings is 1. The summed E-state index contributed by atoms with van der Waals surface area (Å²) in [5.74, 6) is 0.270. The fraction of sp³-hybridized carbons (Fsp3) is 0.556. The first-order valence-corrected chi connectivity index (χ1v) is 10.9. The van der Waals surface area contributed by atoms with E-state index in [0.717, 1.165) is 43.7 Å². The number of unbranched alkanes of at least 4 members (excludes halogenated alkanes) is 2. The normalized spacial score (nSPS) is 16.8. The van der Waals surface area contributed by atoms with Crippen molar-refractivity contribution in [3.63, 3.8) is 0 Å². The van der Waals surface area contributed by atoms with E-state index in [1.54, 1.807) is 15.3 Å². The lowest BCUT2D eigenvalue weighted by molar-refractivity contribution is 0.179. The molecular formula is C18H27N5O2S. The number of para-hydroxylation sites is 1. The van der Waals surface area contributed by atoms with Crippen LogP contribution in [0.3, 0.4) is 0 Å². The van der Waals surface area contributed by atoms with Gasteiger partial charge in [-0.05, 0) is 18.6 Å². The molecular weight excluding hydrogens is 350 g/mol. The molecule has 0 aliphatic carbocycles. The van der Waals surface area contributed by atoms with E-state index in [-0.39, 0.29) is 5.75 Å². The van der Waals surface area contributed by atoms with Gasteiger partial charge in [-0.2, -0.15) is 19.3 Å². The Morgan fingerprint density at radius 3 is 2.46 bits per heavy atom. The van der Waals surface area contributed by atoms with Crippen LogP contribution in [0.15, 0.2) is 36.5 Å². The van der Waals surface area contributed by atoms with Gasteiger partial charge in [-0.25, -0.2) is 8.42 Å². The standard InChI is InChI=1S/C18H27N5O2S/c1-2-3-7-14-26(24,25)22-12-10-21(11-13-22)16-17-15-19-23(20-17)18-8-5-4-6-9-18/h4-6,8-9,15H,2-3,7,10-14,16H2,1H3. The van der Waals surface area contributed by atoms with Crippen LogP contribution >= 0.6 is 0 Å². The number of rotatable bonds is 8. The third-order valence-electron chi connectivity index (χ3n) is 4.64. The van der Waals surface area contributed by atoms with Gasteiger partial charge in [-0.1, -0.05) is 38.0 Å². The molecule has 1 aliphatic heterocycles. The van der Waals surface area contributed by atoms with Crippen molar-refractivity contribution in [3.05, 3.63) is 42.2 Å². The van der Waals surface area contributed by atoms with Crippen LogP contribution in [0.1, 0.15) is 31.9 Å². The van der Waals surface area contributed by atoms with Crippen molar-refractivity contribution in [2.24, 2.45) is 0 Å². The zero-order valence-electron chi connectivity index (χ0n) is 15.3. The first kappa shape index (κ1) is 19.0. The van der Waals surface area contributed by atoms with E-state index in [9.17, 15) is 8.42 Å². The second-order valence-electron chi connectivity index (χ2n) is 6.66. The molecule has 2 aromatic rings. The highest BCUT2D eigenvalue weighted by molar-refractivity contribution is 7.89. The fourth-order valence-corrected chi connectivity index (χ4v) is 4.66. The second kappa shape index (κ2) is 8.75. The summed E-state index contributed by atoms with van der Waals surface area (Å²) in [5.41, 5.74) is 1.83. The molecule has 1 saturated heterocycles. The van der Waals surface area contributed by atoms with Gasteiger partial charge in [0.2, 0.25) is 10.0 Å². The Morgan fingerprint density at radius 1 is 1.04 bits per heavy atom. The largest absolute Gasteiger partial charge is 0.295 e. The molecule has 0 atom stereocenters. The fourth-order valence-electron chi connectivity index (χ4n) is 3.11. The van der Waals surface area contributed by atoms with E-state index in [2.05, 4.69) is 22.0 Å². The van der Waals surface area contributed by atoms with Gasteiger partial charge in [0.25, 0.3) is 0 Å². The number of aromatic nitrogens is 3. The summed E-state index contributed by atoms with van der Waals surface area (Å²) in [6.07, 6.45) is 4.53. The minimum Gasteiger partial charge on any atom is -0.295 e. The average molecular weight is 378 g/mol. The summed E-state index contributed by atoms with van der Waals surface area (Å²) in [6, 6.07) is 9.80. The van der Waals surface area contributed by atoms with Gasteiger partial charge in [0, 0.05) is 32.7 Å². The van der Waals surface area contributed by atoms with Crippen LogP contribution in [0.4, 0.5) is 0 Å². The van der Waals surface area contributed by atoms with Crippen molar-refractivity contribution < 1.29 is 8.42 Å². The molecule has 0 unspecified atom stereocenters. The van der Waals surface area contributed by atoms with Crippen LogP contribution in [0.5, 0.6) is 0 Å². The van der Waals surface area contributed by atoms with E-state index in [0.29, 0.717) is 19.6 Å². The molecule has 0 saturated carbocycles. The number of sulfonamides is 1. The van der Waals surface area contributed by atoms with Gasteiger partial charge in [-0.3, -0.25) is 4.90 Å². The molecule has 8 heteroatoms. The van der Waals surface area contributed by atoms with Crippen LogP contribution < -0.4 is 0 Å². The molecule has 2 heterocycles. The lowest BCUT2D eigenvalue weighted by Gasteiger charge is -2.33.